The number of aromatic nitrogens is 3. The quantitative estimate of drug-likeness (QED) is 0.247. The molecule has 1 amide bonds. The van der Waals surface area contributed by atoms with Crippen LogP contribution in [0.3, 0.4) is 0 Å². The van der Waals surface area contributed by atoms with Crippen molar-refractivity contribution in [3.8, 4) is 5.88 Å². The third kappa shape index (κ3) is 5.77. The van der Waals surface area contributed by atoms with Gasteiger partial charge in [0.25, 0.3) is 0 Å². The molecule has 1 aromatic carbocycles. The van der Waals surface area contributed by atoms with Crippen LogP contribution in [0.15, 0.2) is 34.9 Å². The first-order valence-corrected chi connectivity index (χ1v) is 16.2. The second-order valence-electron chi connectivity index (χ2n) is 12.5. The molecule has 254 valence electrons. The van der Waals surface area contributed by atoms with Crippen LogP contribution in [0.4, 0.5) is 19.0 Å². The number of ether oxygens (including phenoxy) is 2. The molecule has 3 aromatic heterocycles. The predicted octanol–water partition coefficient (Wildman–Crippen LogP) is 6.12. The number of amides is 1. The lowest BCUT2D eigenvalue weighted by molar-refractivity contribution is -0.141. The number of aliphatic carboxylic acids is 1. The highest BCUT2D eigenvalue weighted by molar-refractivity contribution is 6.31. The van der Waals surface area contributed by atoms with E-state index in [-0.39, 0.29) is 97.0 Å². The van der Waals surface area contributed by atoms with Crippen LogP contribution in [0.1, 0.15) is 44.0 Å². The van der Waals surface area contributed by atoms with Crippen molar-refractivity contribution in [2.24, 2.45) is 5.92 Å². The van der Waals surface area contributed by atoms with Crippen molar-refractivity contribution in [1.82, 2.24) is 19.9 Å². The van der Waals surface area contributed by atoms with Gasteiger partial charge in [-0.25, -0.2) is 24.1 Å². The van der Waals surface area contributed by atoms with Crippen molar-refractivity contribution < 1.29 is 41.8 Å². The van der Waals surface area contributed by atoms with Crippen molar-refractivity contribution in [2.75, 3.05) is 37.7 Å². The zero-order valence-corrected chi connectivity index (χ0v) is 27.1. The molecule has 7 heterocycles. The van der Waals surface area contributed by atoms with Gasteiger partial charge in [-0.05, 0) is 24.6 Å². The smallest absolute Gasteiger partial charge is 0.326 e. The van der Waals surface area contributed by atoms with Crippen molar-refractivity contribution >= 4 is 63.0 Å². The van der Waals surface area contributed by atoms with Crippen LogP contribution in [-0.4, -0.2) is 81.8 Å². The predicted molar refractivity (Wildman–Crippen MR) is 168 cm³/mol. The van der Waals surface area contributed by atoms with E-state index in [1.54, 1.807) is 19.1 Å². The third-order valence-electron chi connectivity index (χ3n) is 9.33. The number of nitrogens with zero attached hydrogens (tertiary/aromatic N) is 5. The minimum atomic E-state index is -3.56. The summed E-state index contributed by atoms with van der Waals surface area (Å²) >= 11 is 12.5. The van der Waals surface area contributed by atoms with E-state index in [9.17, 15) is 14.7 Å². The Hall–Kier alpha value is -3.88. The average molecular weight is 709 g/mol. The number of piperidine rings is 1. The van der Waals surface area contributed by atoms with Crippen molar-refractivity contribution in [3.05, 3.63) is 51.9 Å². The highest BCUT2D eigenvalue weighted by Crippen LogP contribution is 2.46. The first-order chi connectivity index (χ1) is 22.8. The van der Waals surface area contributed by atoms with E-state index in [2.05, 4.69) is 15.0 Å². The Morgan fingerprint density at radius 2 is 1.92 bits per heavy atom. The van der Waals surface area contributed by atoms with E-state index in [0.29, 0.717) is 10.4 Å². The van der Waals surface area contributed by atoms with Crippen LogP contribution < -0.4 is 9.64 Å². The number of carbonyl (C=O) groups excluding carboxylic acids is 1. The van der Waals surface area contributed by atoms with Gasteiger partial charge in [0.05, 0.1) is 17.1 Å². The van der Waals surface area contributed by atoms with Crippen LogP contribution in [0.25, 0.3) is 22.1 Å². The van der Waals surface area contributed by atoms with E-state index < -0.39 is 47.9 Å². The first-order valence-electron chi connectivity index (χ1n) is 15.5. The zero-order valence-electron chi connectivity index (χ0n) is 25.6. The Bertz CT molecular complexity index is 1930. The van der Waals surface area contributed by atoms with Gasteiger partial charge in [0.2, 0.25) is 17.6 Å². The summed E-state index contributed by atoms with van der Waals surface area (Å²) in [6, 6.07) is 4.78. The maximum absolute atomic E-state index is 17.0. The van der Waals surface area contributed by atoms with Gasteiger partial charge in [0.15, 0.2) is 11.4 Å². The molecule has 0 radical (unpaired) electrons. The topological polar surface area (TPSA) is 131 Å². The van der Waals surface area contributed by atoms with Gasteiger partial charge < -0.3 is 28.8 Å². The number of carboxylic acids is 1. The molecule has 4 aliphatic rings. The number of rotatable bonds is 1. The number of hydrogen-bond acceptors (Lipinski definition) is 9. The number of alkyl halides is 3. The molecule has 11 nitrogen and oxygen atoms in total. The van der Waals surface area contributed by atoms with Crippen LogP contribution in [-0.2, 0) is 25.9 Å². The maximum atomic E-state index is 17.0. The van der Waals surface area contributed by atoms with Gasteiger partial charge >= 0.3 is 11.9 Å². The Morgan fingerprint density at radius 1 is 1.10 bits per heavy atom. The molecule has 8 rings (SSSR count). The van der Waals surface area contributed by atoms with Crippen molar-refractivity contribution in [3.63, 3.8) is 0 Å². The Labute approximate surface area is 281 Å². The first kappa shape index (κ1) is 32.7. The molecule has 48 heavy (non-hydrogen) atoms. The van der Waals surface area contributed by atoms with Gasteiger partial charge in [-0.15, -0.1) is 0 Å². The van der Waals surface area contributed by atoms with Crippen LogP contribution in [0, 0.1) is 5.92 Å². The number of carboxylic acid groups (broad SMARTS) is 1. The van der Waals surface area contributed by atoms with E-state index in [1.165, 1.54) is 28.1 Å². The normalized spacial score (nSPS) is 26.5. The molecule has 16 heteroatoms. The van der Waals surface area contributed by atoms with Gasteiger partial charge in [-0.3, -0.25) is 4.79 Å². The molecule has 6 bridgehead atoms. The zero-order chi connectivity index (χ0) is 34.0. The fourth-order valence-corrected chi connectivity index (χ4v) is 7.10. The molecular formula is C32H30Cl2F3N5O6. The number of halogens is 5. The second-order valence-corrected chi connectivity index (χ2v) is 13.4. The highest BCUT2D eigenvalue weighted by atomic mass is 35.5. The van der Waals surface area contributed by atoms with Crippen LogP contribution in [0.2, 0.25) is 10.0 Å². The largest absolute Gasteiger partial charge is 0.480 e. The maximum Gasteiger partial charge on any atom is 0.326 e. The number of anilines is 1. The SMILES string of the molecule is C[C@H]1CN2CC[C@]1(F)c1cc(Cl)cnc1O[C@H]1C[C@@H](C(=O)O)N(C1)c1nc(nc3c1oc1cc(Cl)ccc13)C(F)(F)CCCOCC2=O. The average Bonchev–Trinajstić information content (AvgIpc) is 3.63. The number of furan rings is 1. The molecule has 0 spiro atoms. The summed E-state index contributed by atoms with van der Waals surface area (Å²) in [5.41, 5.74) is -1.61. The van der Waals surface area contributed by atoms with Gasteiger partial charge in [-0.1, -0.05) is 30.1 Å². The Kier molecular flexibility index (Phi) is 8.31. The van der Waals surface area contributed by atoms with Crippen molar-refractivity contribution in [1.29, 1.82) is 0 Å². The fraction of sp³-hybridized carbons (Fsp3) is 0.469. The summed E-state index contributed by atoms with van der Waals surface area (Å²) in [6.07, 6.45) is -0.628. The number of hydrogen-bond donors (Lipinski definition) is 1. The summed E-state index contributed by atoms with van der Waals surface area (Å²) in [5, 5.41) is 11.2. The van der Waals surface area contributed by atoms with E-state index in [4.69, 9.17) is 37.1 Å². The molecule has 0 saturated carbocycles. The lowest BCUT2D eigenvalue weighted by Crippen LogP contribution is -2.50. The minimum Gasteiger partial charge on any atom is -0.480 e. The summed E-state index contributed by atoms with van der Waals surface area (Å²) in [6.45, 7) is 1.15. The van der Waals surface area contributed by atoms with E-state index >= 15 is 13.2 Å². The summed E-state index contributed by atoms with van der Waals surface area (Å²) < 4.78 is 66.3. The third-order valence-corrected chi connectivity index (χ3v) is 9.77. The lowest BCUT2D eigenvalue weighted by Gasteiger charge is -2.42. The molecule has 0 unspecified atom stereocenters. The monoisotopic (exact) mass is 707 g/mol. The second kappa shape index (κ2) is 12.2. The number of benzene rings is 1. The molecule has 2 saturated heterocycles. The molecule has 0 aliphatic carbocycles. The summed E-state index contributed by atoms with van der Waals surface area (Å²) in [5.74, 6) is -6.99. The van der Waals surface area contributed by atoms with Crippen LogP contribution in [0.5, 0.6) is 5.88 Å². The highest BCUT2D eigenvalue weighted by Gasteiger charge is 2.48. The van der Waals surface area contributed by atoms with Gasteiger partial charge in [-0.2, -0.15) is 8.78 Å². The Balaban J connectivity index is 1.36. The standard InChI is InChI=1S/C32H30Cl2F3N5O6/c1-16-13-41-7-6-31(16,35)21-9-18(34)12-38-28(21)47-19-11-22(29(44)45)42(14-19)27-26-25(20-4-3-17(33)10-23(20)48-26)39-30(40-27)32(36,37)5-2-8-46-15-24(41)43/h3-4,9-10,12,16,19,22H,2,5-8,11,13-15H2,1H3,(H,44,45)/t16-,19-,22-,31+/m0/s1. The summed E-state index contributed by atoms with van der Waals surface area (Å²) in [7, 11) is 0. The molecular weight excluding hydrogens is 678 g/mol. The van der Waals surface area contributed by atoms with Gasteiger partial charge in [0, 0.05) is 67.5 Å². The molecule has 4 aromatic rings. The molecule has 1 N–H and O–H groups in total. The lowest BCUT2D eigenvalue weighted by atomic mass is 9.78. The number of pyridine rings is 1. The Morgan fingerprint density at radius 3 is 2.69 bits per heavy atom. The van der Waals surface area contributed by atoms with Crippen molar-refractivity contribution in [2.45, 2.75) is 56.3 Å². The fourth-order valence-electron chi connectivity index (χ4n) is 6.78. The van der Waals surface area contributed by atoms with E-state index in [1.807, 2.05) is 0 Å². The van der Waals surface area contributed by atoms with Gasteiger partial charge in [0.1, 0.15) is 35.5 Å². The number of carbonyl (C=O) groups is 2. The van der Waals surface area contributed by atoms with E-state index in [0.717, 1.165) is 0 Å². The number of fused-ring (bicyclic) bond motifs is 11. The van der Waals surface area contributed by atoms with Crippen LogP contribution >= 0.6 is 23.2 Å². The minimum absolute atomic E-state index is 0.00342. The molecule has 4 aliphatic heterocycles. The molecule has 2 fully saturated rings. The summed E-state index contributed by atoms with van der Waals surface area (Å²) in [4.78, 5) is 41.1. The molecule has 4 atom stereocenters.